The van der Waals surface area contributed by atoms with Gasteiger partial charge in [0.15, 0.2) is 5.75 Å². The van der Waals surface area contributed by atoms with E-state index in [9.17, 15) is 18.0 Å². The summed E-state index contributed by atoms with van der Waals surface area (Å²) in [5, 5.41) is 4.13. The van der Waals surface area contributed by atoms with Crippen LogP contribution in [0.15, 0.2) is 53.8 Å². The SMILES string of the molecule is C/C(=N/Oc1cccc(F)c1)c1cnc(C)nc1C1CCN(C(=O)Cc2c(F)cccc2F)CC1. The zero-order chi connectivity index (χ0) is 24.9. The van der Waals surface area contributed by atoms with E-state index in [1.54, 1.807) is 31.0 Å². The fourth-order valence-electron chi connectivity index (χ4n) is 4.14. The lowest BCUT2D eigenvalue weighted by molar-refractivity contribution is -0.131. The van der Waals surface area contributed by atoms with Crippen molar-refractivity contribution in [2.45, 2.75) is 39.0 Å². The van der Waals surface area contributed by atoms with Gasteiger partial charge in [-0.1, -0.05) is 17.3 Å². The molecule has 1 aliphatic rings. The summed E-state index contributed by atoms with van der Waals surface area (Å²) in [5.74, 6) is -1.25. The Morgan fingerprint density at radius 2 is 1.80 bits per heavy atom. The van der Waals surface area contributed by atoms with Gasteiger partial charge < -0.3 is 9.74 Å². The largest absolute Gasteiger partial charge is 0.357 e. The summed E-state index contributed by atoms with van der Waals surface area (Å²) in [6.07, 6.45) is 2.63. The van der Waals surface area contributed by atoms with E-state index in [0.717, 1.165) is 17.8 Å². The molecule has 1 aromatic heterocycles. The number of carbonyl (C=O) groups excluding carboxylic acids is 1. The van der Waals surface area contributed by atoms with Gasteiger partial charge in [-0.25, -0.2) is 23.1 Å². The molecule has 1 aliphatic heterocycles. The Kier molecular flexibility index (Phi) is 7.43. The molecule has 0 radical (unpaired) electrons. The number of likely N-dealkylation sites (tertiary alicyclic amines) is 1. The van der Waals surface area contributed by atoms with Crippen LogP contribution in [-0.4, -0.2) is 39.6 Å². The molecule has 1 amide bonds. The van der Waals surface area contributed by atoms with Crippen molar-refractivity contribution in [3.05, 3.63) is 88.8 Å². The molecule has 0 spiro atoms. The highest BCUT2D eigenvalue weighted by molar-refractivity contribution is 5.99. The van der Waals surface area contributed by atoms with E-state index < -0.39 is 17.5 Å². The van der Waals surface area contributed by atoms with Crippen LogP contribution >= 0.6 is 0 Å². The zero-order valence-electron chi connectivity index (χ0n) is 19.5. The number of amides is 1. The molecule has 35 heavy (non-hydrogen) atoms. The molecule has 3 aromatic rings. The number of carbonyl (C=O) groups is 1. The van der Waals surface area contributed by atoms with Crippen LogP contribution in [-0.2, 0) is 11.2 Å². The molecule has 9 heteroatoms. The minimum absolute atomic E-state index is 0.0419. The summed E-state index contributed by atoms with van der Waals surface area (Å²) in [6, 6.07) is 9.28. The van der Waals surface area contributed by atoms with Crippen LogP contribution in [0.25, 0.3) is 0 Å². The van der Waals surface area contributed by atoms with Crippen LogP contribution in [0, 0.1) is 24.4 Å². The summed E-state index contributed by atoms with van der Waals surface area (Å²) in [6.45, 7) is 4.44. The van der Waals surface area contributed by atoms with Crippen molar-refractivity contribution in [3.63, 3.8) is 0 Å². The molecule has 0 unspecified atom stereocenters. The molecule has 0 bridgehead atoms. The fourth-order valence-corrected chi connectivity index (χ4v) is 4.14. The Balaban J connectivity index is 1.45. The first-order valence-corrected chi connectivity index (χ1v) is 11.3. The number of hydrogen-bond donors (Lipinski definition) is 0. The van der Waals surface area contributed by atoms with E-state index >= 15 is 0 Å². The molecular formula is C26H25F3N4O2. The summed E-state index contributed by atoms with van der Waals surface area (Å²) in [7, 11) is 0. The lowest BCUT2D eigenvalue weighted by Gasteiger charge is -2.32. The highest BCUT2D eigenvalue weighted by Crippen LogP contribution is 2.30. The van der Waals surface area contributed by atoms with Gasteiger partial charge in [0.05, 0.1) is 17.8 Å². The first-order chi connectivity index (χ1) is 16.8. The number of oxime groups is 1. The second-order valence-electron chi connectivity index (χ2n) is 8.47. The molecule has 4 rings (SSSR count). The van der Waals surface area contributed by atoms with E-state index in [2.05, 4.69) is 15.1 Å². The lowest BCUT2D eigenvalue weighted by Crippen LogP contribution is -2.39. The number of benzene rings is 2. The van der Waals surface area contributed by atoms with Gasteiger partial charge in [-0.05, 0) is 51.0 Å². The minimum Gasteiger partial charge on any atom is -0.357 e. The molecule has 182 valence electrons. The minimum atomic E-state index is -0.718. The second kappa shape index (κ2) is 10.7. The Hall–Kier alpha value is -3.75. The van der Waals surface area contributed by atoms with Gasteiger partial charge in [-0.3, -0.25) is 4.79 Å². The molecule has 0 saturated carbocycles. The highest BCUT2D eigenvalue weighted by atomic mass is 19.1. The van der Waals surface area contributed by atoms with Gasteiger partial charge in [0.2, 0.25) is 5.91 Å². The topological polar surface area (TPSA) is 67.7 Å². The van der Waals surface area contributed by atoms with Crippen LogP contribution in [0.4, 0.5) is 13.2 Å². The summed E-state index contributed by atoms with van der Waals surface area (Å²) < 4.78 is 41.3. The van der Waals surface area contributed by atoms with Gasteiger partial charge in [0, 0.05) is 42.4 Å². The average Bonchev–Trinajstić information content (AvgIpc) is 2.85. The number of halogens is 3. The standard InChI is InChI=1S/C26H25F3N4O2/c1-16(32-35-20-6-3-5-19(27)13-20)22-15-30-17(2)31-26(22)18-9-11-33(12-10-18)25(34)14-21-23(28)7-4-8-24(21)29/h3-8,13,15,18H,9-12,14H2,1-2H3/b32-16-. The van der Waals surface area contributed by atoms with Crippen molar-refractivity contribution in [3.8, 4) is 5.75 Å². The third-order valence-electron chi connectivity index (χ3n) is 6.04. The monoisotopic (exact) mass is 482 g/mol. The van der Waals surface area contributed by atoms with E-state index in [4.69, 9.17) is 4.84 Å². The van der Waals surface area contributed by atoms with Crippen LogP contribution in [0.2, 0.25) is 0 Å². The third kappa shape index (κ3) is 5.85. The molecular weight excluding hydrogens is 457 g/mol. The maximum atomic E-state index is 13.9. The number of rotatable bonds is 6. The first kappa shape index (κ1) is 24.4. The lowest BCUT2D eigenvalue weighted by atomic mass is 9.89. The normalized spacial score (nSPS) is 14.8. The van der Waals surface area contributed by atoms with E-state index in [1.807, 2.05) is 0 Å². The van der Waals surface area contributed by atoms with Crippen molar-refractivity contribution in [1.29, 1.82) is 0 Å². The van der Waals surface area contributed by atoms with Crippen LogP contribution in [0.3, 0.4) is 0 Å². The maximum absolute atomic E-state index is 13.9. The molecule has 1 saturated heterocycles. The molecule has 1 fully saturated rings. The molecule has 6 nitrogen and oxygen atoms in total. The van der Waals surface area contributed by atoms with Crippen LogP contribution in [0.1, 0.15) is 48.3 Å². The number of piperidine rings is 1. The molecule has 0 N–H and O–H groups in total. The highest BCUT2D eigenvalue weighted by Gasteiger charge is 2.28. The smallest absolute Gasteiger partial charge is 0.227 e. The van der Waals surface area contributed by atoms with Gasteiger partial charge >= 0.3 is 0 Å². The number of hydrogen-bond acceptors (Lipinski definition) is 5. The average molecular weight is 483 g/mol. The first-order valence-electron chi connectivity index (χ1n) is 11.3. The molecule has 0 aliphatic carbocycles. The van der Waals surface area contributed by atoms with Crippen molar-refractivity contribution in [1.82, 2.24) is 14.9 Å². The number of aromatic nitrogens is 2. The van der Waals surface area contributed by atoms with Crippen LogP contribution < -0.4 is 4.84 Å². The van der Waals surface area contributed by atoms with Crippen molar-refractivity contribution >= 4 is 11.6 Å². The van der Waals surface area contributed by atoms with Crippen molar-refractivity contribution in [2.24, 2.45) is 5.16 Å². The van der Waals surface area contributed by atoms with Crippen LogP contribution in [0.5, 0.6) is 5.75 Å². The summed E-state index contributed by atoms with van der Waals surface area (Å²) >= 11 is 0. The Bertz CT molecular complexity index is 1240. The van der Waals surface area contributed by atoms with E-state index in [-0.39, 0.29) is 29.6 Å². The molecule has 2 aromatic carbocycles. The van der Waals surface area contributed by atoms with Crippen molar-refractivity contribution in [2.75, 3.05) is 13.1 Å². The predicted molar refractivity (Wildman–Crippen MR) is 125 cm³/mol. The summed E-state index contributed by atoms with van der Waals surface area (Å²) in [4.78, 5) is 28.6. The molecule has 0 atom stereocenters. The van der Waals surface area contributed by atoms with Gasteiger partial charge in [-0.2, -0.15) is 0 Å². The second-order valence-corrected chi connectivity index (χ2v) is 8.47. The van der Waals surface area contributed by atoms with E-state index in [0.29, 0.717) is 43.0 Å². The maximum Gasteiger partial charge on any atom is 0.227 e. The Morgan fingerprint density at radius 1 is 1.11 bits per heavy atom. The van der Waals surface area contributed by atoms with Crippen molar-refractivity contribution < 1.29 is 22.8 Å². The number of nitrogens with zero attached hydrogens (tertiary/aromatic N) is 4. The Labute approximate surface area is 201 Å². The zero-order valence-corrected chi connectivity index (χ0v) is 19.5. The fraction of sp³-hybridized carbons (Fsp3) is 0.308. The van der Waals surface area contributed by atoms with E-state index in [1.165, 1.54) is 24.3 Å². The third-order valence-corrected chi connectivity index (χ3v) is 6.04. The van der Waals surface area contributed by atoms with Gasteiger partial charge in [0.25, 0.3) is 0 Å². The number of aryl methyl sites for hydroxylation is 1. The van der Waals surface area contributed by atoms with Gasteiger partial charge in [-0.15, -0.1) is 0 Å². The predicted octanol–water partition coefficient (Wildman–Crippen LogP) is 4.95. The molecule has 2 heterocycles. The Morgan fingerprint density at radius 3 is 2.49 bits per heavy atom. The van der Waals surface area contributed by atoms with Gasteiger partial charge in [0.1, 0.15) is 23.3 Å². The quantitative estimate of drug-likeness (QED) is 0.368. The summed E-state index contributed by atoms with van der Waals surface area (Å²) in [5.41, 5.74) is 1.84.